The maximum absolute atomic E-state index is 12.5. The van der Waals surface area contributed by atoms with Crippen LogP contribution in [0.1, 0.15) is 17.4 Å². The molecule has 0 unspecified atom stereocenters. The number of morpholine rings is 1. The lowest BCUT2D eigenvalue weighted by Crippen LogP contribution is -2.35. The van der Waals surface area contributed by atoms with Gasteiger partial charge in [-0.25, -0.2) is 4.98 Å². The Morgan fingerprint density at radius 2 is 1.87 bits per heavy atom. The third-order valence-electron chi connectivity index (χ3n) is 5.17. The Morgan fingerprint density at radius 1 is 1.13 bits per heavy atom. The molecule has 1 aliphatic heterocycles. The van der Waals surface area contributed by atoms with Gasteiger partial charge in [-0.05, 0) is 18.1 Å². The highest BCUT2D eigenvalue weighted by Gasteiger charge is 2.19. The van der Waals surface area contributed by atoms with Crippen molar-refractivity contribution in [2.45, 2.75) is 19.9 Å². The zero-order valence-corrected chi connectivity index (χ0v) is 18.5. The molecular weight excluding hydrogens is 410 g/mol. The van der Waals surface area contributed by atoms with Gasteiger partial charge in [0.1, 0.15) is 5.75 Å². The molecule has 2 heterocycles. The predicted octanol–water partition coefficient (Wildman–Crippen LogP) is 4.22. The predicted molar refractivity (Wildman–Crippen MR) is 124 cm³/mol. The van der Waals surface area contributed by atoms with Crippen LogP contribution in [0.25, 0.3) is 11.3 Å². The number of nitrogens with zero attached hydrogens (tertiary/aromatic N) is 2. The minimum absolute atomic E-state index is 0.0456. The first kappa shape index (κ1) is 21.5. The second-order valence-corrected chi connectivity index (χ2v) is 8.43. The SMILES string of the molecule is CCc1ccccc1OCC(=O)Nc1nc(-c2ccccc2)c(CN2CCOCC2)s1. The topological polar surface area (TPSA) is 63.7 Å². The quantitative estimate of drug-likeness (QED) is 0.572. The van der Waals surface area contributed by atoms with Crippen molar-refractivity contribution in [1.82, 2.24) is 9.88 Å². The summed E-state index contributed by atoms with van der Waals surface area (Å²) in [4.78, 5) is 20.8. The van der Waals surface area contributed by atoms with Gasteiger partial charge in [-0.1, -0.05) is 66.8 Å². The van der Waals surface area contributed by atoms with Crippen LogP contribution in [0, 0.1) is 0 Å². The standard InChI is InChI=1S/C24H27N3O3S/c1-2-18-8-6-7-11-20(18)30-17-22(28)25-24-26-23(19-9-4-3-5-10-19)21(31-24)16-27-12-14-29-15-13-27/h3-11H,2,12-17H2,1H3,(H,25,26,28). The van der Waals surface area contributed by atoms with Gasteiger partial charge in [-0.2, -0.15) is 0 Å². The molecule has 1 aromatic heterocycles. The number of anilines is 1. The maximum atomic E-state index is 12.5. The van der Waals surface area contributed by atoms with Crippen LogP contribution in [0.4, 0.5) is 5.13 Å². The molecular formula is C24H27N3O3S. The van der Waals surface area contributed by atoms with Crippen LogP contribution >= 0.6 is 11.3 Å². The van der Waals surface area contributed by atoms with Gasteiger partial charge in [-0.3, -0.25) is 15.0 Å². The molecule has 1 N–H and O–H groups in total. The third-order valence-corrected chi connectivity index (χ3v) is 6.13. The molecule has 0 spiro atoms. The smallest absolute Gasteiger partial charge is 0.264 e. The van der Waals surface area contributed by atoms with Crippen LogP contribution in [0.5, 0.6) is 5.75 Å². The summed E-state index contributed by atoms with van der Waals surface area (Å²) in [5.74, 6) is 0.537. The average Bonchev–Trinajstić information content (AvgIpc) is 3.21. The molecule has 31 heavy (non-hydrogen) atoms. The number of benzene rings is 2. The van der Waals surface area contributed by atoms with Crippen LogP contribution in [0.15, 0.2) is 54.6 Å². The van der Waals surface area contributed by atoms with Crippen LogP contribution in [0.3, 0.4) is 0 Å². The van der Waals surface area contributed by atoms with Gasteiger partial charge < -0.3 is 9.47 Å². The number of aromatic nitrogens is 1. The van der Waals surface area contributed by atoms with E-state index in [1.54, 1.807) is 0 Å². The van der Waals surface area contributed by atoms with Gasteiger partial charge in [0.25, 0.3) is 5.91 Å². The van der Waals surface area contributed by atoms with E-state index in [0.717, 1.165) is 66.7 Å². The lowest BCUT2D eigenvalue weighted by Gasteiger charge is -2.26. The number of aryl methyl sites for hydroxylation is 1. The average molecular weight is 438 g/mol. The van der Waals surface area contributed by atoms with Gasteiger partial charge in [-0.15, -0.1) is 0 Å². The number of rotatable bonds is 8. The Balaban J connectivity index is 1.46. The summed E-state index contributed by atoms with van der Waals surface area (Å²) in [6.45, 7) is 6.12. The number of amides is 1. The number of carbonyl (C=O) groups excluding carboxylic acids is 1. The lowest BCUT2D eigenvalue weighted by atomic mass is 10.1. The zero-order valence-electron chi connectivity index (χ0n) is 17.7. The van der Waals surface area contributed by atoms with Crippen LogP contribution in [0.2, 0.25) is 0 Å². The number of nitrogens with one attached hydrogen (secondary N) is 1. The minimum atomic E-state index is -0.211. The van der Waals surface area contributed by atoms with Crippen molar-refractivity contribution >= 4 is 22.4 Å². The van der Waals surface area contributed by atoms with Gasteiger partial charge in [0, 0.05) is 30.1 Å². The second kappa shape index (κ2) is 10.5. The molecule has 3 aromatic rings. The van der Waals surface area contributed by atoms with Crippen LogP contribution in [-0.2, 0) is 22.5 Å². The number of hydrogen-bond acceptors (Lipinski definition) is 6. The van der Waals surface area contributed by atoms with Crippen molar-refractivity contribution in [3.63, 3.8) is 0 Å². The Morgan fingerprint density at radius 3 is 2.65 bits per heavy atom. The van der Waals surface area contributed by atoms with Gasteiger partial charge in [0.05, 0.1) is 18.9 Å². The van der Waals surface area contributed by atoms with E-state index in [0.29, 0.717) is 5.13 Å². The highest BCUT2D eigenvalue weighted by molar-refractivity contribution is 7.16. The van der Waals surface area contributed by atoms with E-state index >= 15 is 0 Å². The van der Waals surface area contributed by atoms with Crippen LogP contribution in [-0.4, -0.2) is 48.7 Å². The molecule has 7 heteroatoms. The fourth-order valence-electron chi connectivity index (χ4n) is 3.53. The molecule has 6 nitrogen and oxygen atoms in total. The number of ether oxygens (including phenoxy) is 2. The molecule has 0 atom stereocenters. The fourth-order valence-corrected chi connectivity index (χ4v) is 4.57. The summed E-state index contributed by atoms with van der Waals surface area (Å²) < 4.78 is 11.2. The van der Waals surface area contributed by atoms with E-state index in [4.69, 9.17) is 14.5 Å². The summed E-state index contributed by atoms with van der Waals surface area (Å²) in [6, 6.07) is 17.9. The summed E-state index contributed by atoms with van der Waals surface area (Å²) in [6.07, 6.45) is 0.857. The van der Waals surface area contributed by atoms with E-state index in [2.05, 4.69) is 17.1 Å². The second-order valence-electron chi connectivity index (χ2n) is 7.34. The lowest BCUT2D eigenvalue weighted by molar-refractivity contribution is -0.118. The summed E-state index contributed by atoms with van der Waals surface area (Å²) >= 11 is 1.52. The first-order valence-corrected chi connectivity index (χ1v) is 11.4. The molecule has 1 fully saturated rings. The largest absolute Gasteiger partial charge is 0.483 e. The Labute approximate surface area is 186 Å². The fraction of sp³-hybridized carbons (Fsp3) is 0.333. The summed E-state index contributed by atoms with van der Waals surface area (Å²) in [7, 11) is 0. The van der Waals surface area contributed by atoms with Crippen molar-refractivity contribution in [2.75, 3.05) is 38.2 Å². The molecule has 0 radical (unpaired) electrons. The van der Waals surface area contributed by atoms with E-state index in [1.165, 1.54) is 11.3 Å². The molecule has 4 rings (SSSR count). The molecule has 1 aliphatic rings. The Bertz CT molecular complexity index is 1000. The maximum Gasteiger partial charge on any atom is 0.264 e. The molecule has 0 aliphatic carbocycles. The first-order valence-electron chi connectivity index (χ1n) is 10.6. The number of thiazole rings is 1. The van der Waals surface area contributed by atoms with Crippen molar-refractivity contribution in [3.8, 4) is 17.0 Å². The third kappa shape index (κ3) is 5.70. The van der Waals surface area contributed by atoms with Crippen molar-refractivity contribution in [1.29, 1.82) is 0 Å². The highest BCUT2D eigenvalue weighted by Crippen LogP contribution is 2.32. The number of hydrogen-bond donors (Lipinski definition) is 1. The monoisotopic (exact) mass is 437 g/mol. The van der Waals surface area contributed by atoms with Gasteiger partial charge in [0.2, 0.25) is 0 Å². The zero-order chi connectivity index (χ0) is 21.5. The minimum Gasteiger partial charge on any atom is -0.483 e. The van der Waals surface area contributed by atoms with E-state index in [1.807, 2.05) is 54.6 Å². The summed E-state index contributed by atoms with van der Waals surface area (Å²) in [5.41, 5.74) is 3.06. The van der Waals surface area contributed by atoms with E-state index in [-0.39, 0.29) is 12.5 Å². The van der Waals surface area contributed by atoms with E-state index < -0.39 is 0 Å². The molecule has 0 saturated carbocycles. The molecule has 162 valence electrons. The molecule has 1 amide bonds. The van der Waals surface area contributed by atoms with Crippen molar-refractivity contribution in [2.24, 2.45) is 0 Å². The molecule has 0 bridgehead atoms. The number of carbonyl (C=O) groups is 1. The van der Waals surface area contributed by atoms with Crippen molar-refractivity contribution in [3.05, 3.63) is 65.0 Å². The molecule has 1 saturated heterocycles. The Hall–Kier alpha value is -2.74. The Kier molecular flexibility index (Phi) is 7.30. The molecule has 2 aromatic carbocycles. The van der Waals surface area contributed by atoms with E-state index in [9.17, 15) is 4.79 Å². The summed E-state index contributed by atoms with van der Waals surface area (Å²) in [5, 5.41) is 3.51. The highest BCUT2D eigenvalue weighted by atomic mass is 32.1. The van der Waals surface area contributed by atoms with Gasteiger partial charge in [0.15, 0.2) is 11.7 Å². The first-order chi connectivity index (χ1) is 15.2. The van der Waals surface area contributed by atoms with Crippen LogP contribution < -0.4 is 10.1 Å². The van der Waals surface area contributed by atoms with Gasteiger partial charge >= 0.3 is 0 Å². The number of para-hydroxylation sites is 1. The normalized spacial score (nSPS) is 14.4. The van der Waals surface area contributed by atoms with Crippen molar-refractivity contribution < 1.29 is 14.3 Å².